The van der Waals surface area contributed by atoms with E-state index in [0.717, 1.165) is 0 Å². The summed E-state index contributed by atoms with van der Waals surface area (Å²) in [4.78, 5) is 0. The second-order valence-corrected chi connectivity index (χ2v) is 6.25. The minimum absolute atomic E-state index is 0.478. The molecule has 19 heavy (non-hydrogen) atoms. The van der Waals surface area contributed by atoms with Crippen molar-refractivity contribution in [3.8, 4) is 0 Å². The third-order valence-corrected chi connectivity index (χ3v) is 4.70. The van der Waals surface area contributed by atoms with E-state index in [1.165, 1.54) is 26.7 Å². The molecular formula is C18H17Br. The predicted molar refractivity (Wildman–Crippen MR) is 85.4 cm³/mol. The Balaban J connectivity index is 2.23. The van der Waals surface area contributed by atoms with Crippen LogP contribution in [-0.4, -0.2) is 0 Å². The van der Waals surface area contributed by atoms with Crippen LogP contribution in [0.1, 0.15) is 36.5 Å². The van der Waals surface area contributed by atoms with Crippen molar-refractivity contribution in [3.05, 3.63) is 75.8 Å². The average Bonchev–Trinajstić information content (AvgIpc) is 2.71. The fraction of sp³-hybridized carbons (Fsp3) is 0.222. The Morgan fingerprint density at radius 3 is 2.21 bits per heavy atom. The third kappa shape index (κ3) is 2.06. The molecule has 0 bridgehead atoms. The summed E-state index contributed by atoms with van der Waals surface area (Å²) >= 11 is 3.87. The van der Waals surface area contributed by atoms with Gasteiger partial charge in [-0.3, -0.25) is 0 Å². The molecule has 1 aliphatic rings. The van der Waals surface area contributed by atoms with Crippen LogP contribution in [0.3, 0.4) is 0 Å². The molecule has 2 aromatic carbocycles. The normalized spacial score (nSPS) is 18.0. The van der Waals surface area contributed by atoms with Gasteiger partial charge in [0.1, 0.15) is 0 Å². The van der Waals surface area contributed by atoms with E-state index < -0.39 is 0 Å². The van der Waals surface area contributed by atoms with Crippen molar-refractivity contribution < 1.29 is 0 Å². The zero-order valence-corrected chi connectivity index (χ0v) is 12.8. The molecule has 0 saturated heterocycles. The lowest BCUT2D eigenvalue weighted by atomic mass is 9.90. The molecule has 2 aromatic rings. The highest BCUT2D eigenvalue weighted by Crippen LogP contribution is 2.50. The fourth-order valence-corrected chi connectivity index (χ4v) is 4.18. The maximum absolute atomic E-state index is 3.87. The van der Waals surface area contributed by atoms with E-state index >= 15 is 0 Å². The summed E-state index contributed by atoms with van der Waals surface area (Å²) in [6.45, 7) is 4.58. The molecular weight excluding hydrogens is 296 g/mol. The molecule has 0 spiro atoms. The lowest BCUT2D eigenvalue weighted by molar-refractivity contribution is 0.580. The number of benzene rings is 2. The largest absolute Gasteiger partial charge is 0.0622 e. The highest BCUT2D eigenvalue weighted by molar-refractivity contribution is 9.11. The zero-order valence-electron chi connectivity index (χ0n) is 11.2. The van der Waals surface area contributed by atoms with E-state index in [9.17, 15) is 0 Å². The summed E-state index contributed by atoms with van der Waals surface area (Å²) in [6.07, 6.45) is 0. The lowest BCUT2D eigenvalue weighted by Gasteiger charge is -2.17. The fourth-order valence-electron chi connectivity index (χ4n) is 2.97. The van der Waals surface area contributed by atoms with Crippen molar-refractivity contribution >= 4 is 21.5 Å². The van der Waals surface area contributed by atoms with Crippen LogP contribution in [0.25, 0.3) is 5.57 Å². The van der Waals surface area contributed by atoms with Gasteiger partial charge in [-0.25, -0.2) is 0 Å². The molecule has 0 aromatic heterocycles. The molecule has 0 N–H and O–H groups in total. The third-order valence-electron chi connectivity index (χ3n) is 3.81. The van der Waals surface area contributed by atoms with E-state index in [4.69, 9.17) is 0 Å². The number of hydrogen-bond donors (Lipinski definition) is 0. The zero-order chi connectivity index (χ0) is 13.4. The molecule has 1 aliphatic carbocycles. The smallest absolute Gasteiger partial charge is 0.0191 e. The summed E-state index contributed by atoms with van der Waals surface area (Å²) in [5.41, 5.74) is 5.47. The topological polar surface area (TPSA) is 0 Å². The van der Waals surface area contributed by atoms with E-state index in [1.807, 2.05) is 0 Å². The average molecular weight is 313 g/mol. The van der Waals surface area contributed by atoms with Crippen molar-refractivity contribution in [2.75, 3.05) is 0 Å². The van der Waals surface area contributed by atoms with Crippen molar-refractivity contribution in [3.63, 3.8) is 0 Å². The minimum Gasteiger partial charge on any atom is -0.0622 e. The van der Waals surface area contributed by atoms with Crippen molar-refractivity contribution in [1.29, 1.82) is 0 Å². The van der Waals surface area contributed by atoms with Crippen LogP contribution in [0.4, 0.5) is 0 Å². The number of halogens is 1. The highest BCUT2D eigenvalue weighted by Gasteiger charge is 2.31. The maximum atomic E-state index is 3.87. The van der Waals surface area contributed by atoms with Crippen LogP contribution in [-0.2, 0) is 0 Å². The van der Waals surface area contributed by atoms with Gasteiger partial charge in [0.2, 0.25) is 0 Å². The molecule has 0 radical (unpaired) electrons. The summed E-state index contributed by atoms with van der Waals surface area (Å²) in [7, 11) is 0. The van der Waals surface area contributed by atoms with Gasteiger partial charge in [0, 0.05) is 10.4 Å². The molecule has 0 amide bonds. The van der Waals surface area contributed by atoms with Gasteiger partial charge in [0.05, 0.1) is 0 Å². The summed E-state index contributed by atoms with van der Waals surface area (Å²) in [5, 5.41) is 0. The first-order chi connectivity index (χ1) is 9.20. The first-order valence-electron chi connectivity index (χ1n) is 6.74. The predicted octanol–water partition coefficient (Wildman–Crippen LogP) is 5.59. The Morgan fingerprint density at radius 2 is 1.53 bits per heavy atom. The van der Waals surface area contributed by atoms with Crippen LogP contribution >= 0.6 is 15.9 Å². The van der Waals surface area contributed by atoms with Crippen LogP contribution in [0.2, 0.25) is 0 Å². The number of fused-ring (bicyclic) bond motifs is 1. The van der Waals surface area contributed by atoms with E-state index in [0.29, 0.717) is 11.8 Å². The number of hydrogen-bond acceptors (Lipinski definition) is 0. The Labute approximate surface area is 123 Å². The second-order valence-electron chi connectivity index (χ2n) is 5.40. The summed E-state index contributed by atoms with van der Waals surface area (Å²) in [6, 6.07) is 19.4. The van der Waals surface area contributed by atoms with Crippen LogP contribution in [0, 0.1) is 5.92 Å². The van der Waals surface area contributed by atoms with Crippen molar-refractivity contribution in [1.82, 2.24) is 0 Å². The SMILES string of the molecule is CC(C)C1C(Br)=C(c2ccccc2)c2ccccc21. The van der Waals surface area contributed by atoms with Crippen molar-refractivity contribution in [2.24, 2.45) is 5.92 Å². The standard InChI is InChI=1S/C18H17Br/c1-12(2)16-14-10-6-7-11-15(14)17(18(16)19)13-8-4-3-5-9-13/h3-12,16H,1-2H3. The number of rotatable bonds is 2. The molecule has 0 aliphatic heterocycles. The molecule has 96 valence electrons. The number of allylic oxidation sites excluding steroid dienone is 1. The molecule has 0 nitrogen and oxygen atoms in total. The van der Waals surface area contributed by atoms with E-state index in [1.54, 1.807) is 0 Å². The highest BCUT2D eigenvalue weighted by atomic mass is 79.9. The van der Waals surface area contributed by atoms with Crippen LogP contribution in [0.5, 0.6) is 0 Å². The van der Waals surface area contributed by atoms with Gasteiger partial charge < -0.3 is 0 Å². The van der Waals surface area contributed by atoms with E-state index in [-0.39, 0.29) is 0 Å². The minimum atomic E-state index is 0.478. The Bertz CT molecular complexity index is 623. The second kappa shape index (κ2) is 4.97. The molecule has 1 unspecified atom stereocenters. The van der Waals surface area contributed by atoms with Crippen molar-refractivity contribution in [2.45, 2.75) is 19.8 Å². The van der Waals surface area contributed by atoms with Gasteiger partial charge in [-0.15, -0.1) is 0 Å². The van der Waals surface area contributed by atoms with Gasteiger partial charge >= 0.3 is 0 Å². The molecule has 1 heteroatoms. The first kappa shape index (κ1) is 12.7. The lowest BCUT2D eigenvalue weighted by Crippen LogP contribution is -2.03. The molecule has 0 saturated carbocycles. The van der Waals surface area contributed by atoms with E-state index in [2.05, 4.69) is 84.4 Å². The molecule has 1 atom stereocenters. The first-order valence-corrected chi connectivity index (χ1v) is 7.54. The summed E-state index contributed by atoms with van der Waals surface area (Å²) in [5.74, 6) is 1.07. The monoisotopic (exact) mass is 312 g/mol. The van der Waals surface area contributed by atoms with Gasteiger partial charge in [0.25, 0.3) is 0 Å². The molecule has 0 heterocycles. The Morgan fingerprint density at radius 1 is 0.895 bits per heavy atom. The van der Waals surface area contributed by atoms with Gasteiger partial charge in [-0.2, -0.15) is 0 Å². The Hall–Kier alpha value is -1.34. The molecule has 3 rings (SSSR count). The summed E-state index contributed by atoms with van der Waals surface area (Å²) < 4.78 is 1.33. The van der Waals surface area contributed by atoms with Gasteiger partial charge in [0.15, 0.2) is 0 Å². The van der Waals surface area contributed by atoms with Gasteiger partial charge in [-0.1, -0.05) is 84.4 Å². The van der Waals surface area contributed by atoms with Crippen LogP contribution in [0.15, 0.2) is 59.1 Å². The maximum Gasteiger partial charge on any atom is 0.0191 e. The Kier molecular flexibility index (Phi) is 3.32. The molecule has 0 fully saturated rings. The quantitative estimate of drug-likeness (QED) is 0.677. The van der Waals surface area contributed by atoms with Gasteiger partial charge in [-0.05, 0) is 28.2 Å². The van der Waals surface area contributed by atoms with Crippen LogP contribution < -0.4 is 0 Å².